The van der Waals surface area contributed by atoms with E-state index in [1.165, 1.54) is 12.1 Å². The fourth-order valence-electron chi connectivity index (χ4n) is 2.19. The lowest BCUT2D eigenvalue weighted by molar-refractivity contribution is 0.0697. The molecule has 1 saturated heterocycles. The number of carboxylic acid groups (broad SMARTS) is 1. The Kier molecular flexibility index (Phi) is 3.73. The first kappa shape index (κ1) is 13.1. The molecule has 1 N–H and O–H groups in total. The van der Waals surface area contributed by atoms with E-state index in [1.54, 1.807) is 0 Å². The number of hydrogen-bond donors (Lipinski definition) is 1. The van der Waals surface area contributed by atoms with Gasteiger partial charge < -0.3 is 14.7 Å². The van der Waals surface area contributed by atoms with E-state index in [0.717, 1.165) is 6.42 Å². The van der Waals surface area contributed by atoms with Crippen LogP contribution >= 0.6 is 11.6 Å². The minimum Gasteiger partial charge on any atom is -0.478 e. The van der Waals surface area contributed by atoms with Crippen molar-refractivity contribution in [2.75, 3.05) is 18.6 Å². The molecule has 98 valence electrons. The van der Waals surface area contributed by atoms with Crippen molar-refractivity contribution >= 4 is 23.4 Å². The van der Waals surface area contributed by atoms with Gasteiger partial charge in [-0.3, -0.25) is 0 Å². The lowest BCUT2D eigenvalue weighted by Crippen LogP contribution is -2.37. The molecule has 2 atom stereocenters. The van der Waals surface area contributed by atoms with Crippen LogP contribution in [0, 0.1) is 0 Å². The molecule has 0 amide bonds. The summed E-state index contributed by atoms with van der Waals surface area (Å²) in [5, 5.41) is 9.19. The first-order chi connectivity index (χ1) is 8.49. The van der Waals surface area contributed by atoms with Crippen molar-refractivity contribution in [2.24, 2.45) is 0 Å². The van der Waals surface area contributed by atoms with Crippen LogP contribution < -0.4 is 4.90 Å². The normalized spacial score (nSPS) is 23.1. The number of pyridine rings is 1. The van der Waals surface area contributed by atoms with Crippen LogP contribution in [0.3, 0.4) is 0 Å². The first-order valence-corrected chi connectivity index (χ1v) is 6.12. The molecule has 1 aliphatic rings. The SMILES string of the molecule is CC1OCCC1N(C)c1cc(C(=O)O)cc(Cl)n1. The number of hydrogen-bond acceptors (Lipinski definition) is 4. The zero-order valence-corrected chi connectivity index (χ0v) is 11.0. The van der Waals surface area contributed by atoms with E-state index < -0.39 is 5.97 Å². The second-order valence-electron chi connectivity index (χ2n) is 4.38. The molecule has 2 heterocycles. The third kappa shape index (κ3) is 2.57. The van der Waals surface area contributed by atoms with Crippen molar-refractivity contribution in [1.29, 1.82) is 0 Å². The first-order valence-electron chi connectivity index (χ1n) is 5.74. The summed E-state index contributed by atoms with van der Waals surface area (Å²) >= 11 is 5.85. The molecule has 1 aromatic rings. The Bertz CT molecular complexity index is 467. The number of likely N-dealkylation sites (N-methyl/N-ethyl adjacent to an activating group) is 1. The highest BCUT2D eigenvalue weighted by molar-refractivity contribution is 6.29. The van der Waals surface area contributed by atoms with E-state index in [-0.39, 0.29) is 22.9 Å². The van der Waals surface area contributed by atoms with Crippen LogP contribution in [0.15, 0.2) is 12.1 Å². The Balaban J connectivity index is 2.29. The minimum atomic E-state index is -1.01. The highest BCUT2D eigenvalue weighted by atomic mass is 35.5. The predicted molar refractivity (Wildman–Crippen MR) is 68.4 cm³/mol. The summed E-state index contributed by atoms with van der Waals surface area (Å²) in [7, 11) is 1.88. The van der Waals surface area contributed by atoms with Gasteiger partial charge in [-0.25, -0.2) is 9.78 Å². The highest BCUT2D eigenvalue weighted by Gasteiger charge is 2.29. The van der Waals surface area contributed by atoms with Gasteiger partial charge in [0.15, 0.2) is 0 Å². The molecule has 2 rings (SSSR count). The number of carbonyl (C=O) groups is 1. The van der Waals surface area contributed by atoms with Gasteiger partial charge >= 0.3 is 5.97 Å². The zero-order chi connectivity index (χ0) is 13.3. The van der Waals surface area contributed by atoms with Gasteiger partial charge in [-0.1, -0.05) is 11.6 Å². The van der Waals surface area contributed by atoms with Crippen molar-refractivity contribution in [1.82, 2.24) is 4.98 Å². The van der Waals surface area contributed by atoms with Crippen LogP contribution in [-0.2, 0) is 4.74 Å². The van der Waals surface area contributed by atoms with Gasteiger partial charge in [0.25, 0.3) is 0 Å². The van der Waals surface area contributed by atoms with Crippen molar-refractivity contribution in [3.8, 4) is 0 Å². The van der Waals surface area contributed by atoms with E-state index in [1.807, 2.05) is 18.9 Å². The van der Waals surface area contributed by atoms with Crippen molar-refractivity contribution < 1.29 is 14.6 Å². The summed E-state index contributed by atoms with van der Waals surface area (Å²) < 4.78 is 5.50. The number of carboxylic acids is 1. The maximum Gasteiger partial charge on any atom is 0.335 e. The van der Waals surface area contributed by atoms with Gasteiger partial charge in [0.05, 0.1) is 17.7 Å². The van der Waals surface area contributed by atoms with Crippen molar-refractivity contribution in [2.45, 2.75) is 25.5 Å². The lowest BCUT2D eigenvalue weighted by atomic mass is 10.1. The number of aromatic nitrogens is 1. The Morgan fingerprint density at radius 2 is 2.33 bits per heavy atom. The number of halogens is 1. The maximum absolute atomic E-state index is 11.0. The maximum atomic E-state index is 11.0. The van der Waals surface area contributed by atoms with Gasteiger partial charge in [0.1, 0.15) is 11.0 Å². The monoisotopic (exact) mass is 270 g/mol. The summed E-state index contributed by atoms with van der Waals surface area (Å²) in [6.45, 7) is 2.71. The smallest absolute Gasteiger partial charge is 0.335 e. The summed E-state index contributed by atoms with van der Waals surface area (Å²) in [4.78, 5) is 17.1. The van der Waals surface area contributed by atoms with Gasteiger partial charge in [-0.15, -0.1) is 0 Å². The second kappa shape index (κ2) is 5.12. The van der Waals surface area contributed by atoms with Crippen molar-refractivity contribution in [3.05, 3.63) is 22.8 Å². The quantitative estimate of drug-likeness (QED) is 0.852. The zero-order valence-electron chi connectivity index (χ0n) is 10.3. The number of nitrogens with zero attached hydrogens (tertiary/aromatic N) is 2. The highest BCUT2D eigenvalue weighted by Crippen LogP contribution is 2.25. The van der Waals surface area contributed by atoms with Gasteiger partial charge in [-0.2, -0.15) is 0 Å². The Hall–Kier alpha value is -1.33. The lowest BCUT2D eigenvalue weighted by Gasteiger charge is -2.28. The molecule has 1 fully saturated rings. The summed E-state index contributed by atoms with van der Waals surface area (Å²) in [5.41, 5.74) is 0.142. The fraction of sp³-hybridized carbons (Fsp3) is 0.500. The van der Waals surface area contributed by atoms with Crippen LogP contribution in [0.2, 0.25) is 5.15 Å². The molecule has 0 saturated carbocycles. The Morgan fingerprint density at radius 3 is 2.89 bits per heavy atom. The summed E-state index contributed by atoms with van der Waals surface area (Å²) in [5.74, 6) is -0.452. The largest absolute Gasteiger partial charge is 0.478 e. The molecule has 0 aliphatic carbocycles. The van der Waals surface area contributed by atoms with E-state index >= 15 is 0 Å². The molecular weight excluding hydrogens is 256 g/mol. The molecule has 0 bridgehead atoms. The van der Waals surface area contributed by atoms with Crippen LogP contribution in [0.1, 0.15) is 23.7 Å². The Labute approximate surface area is 110 Å². The molecule has 0 radical (unpaired) electrons. The standard InChI is InChI=1S/C12H15ClN2O3/c1-7-9(3-4-18-7)15(2)11-6-8(12(16)17)5-10(13)14-11/h5-7,9H,3-4H2,1-2H3,(H,16,17). The van der Waals surface area contributed by atoms with Crippen molar-refractivity contribution in [3.63, 3.8) is 0 Å². The van der Waals surface area contributed by atoms with Crippen LogP contribution in [0.4, 0.5) is 5.82 Å². The molecule has 1 aliphatic heterocycles. The molecule has 1 aromatic heterocycles. The summed E-state index contributed by atoms with van der Waals surface area (Å²) in [6, 6.07) is 3.06. The third-order valence-electron chi connectivity index (χ3n) is 3.22. The average molecular weight is 271 g/mol. The fourth-order valence-corrected chi connectivity index (χ4v) is 2.39. The van der Waals surface area contributed by atoms with E-state index in [4.69, 9.17) is 21.4 Å². The summed E-state index contributed by atoms with van der Waals surface area (Å²) in [6.07, 6.45) is 0.998. The molecular formula is C12H15ClN2O3. The molecule has 18 heavy (non-hydrogen) atoms. The third-order valence-corrected chi connectivity index (χ3v) is 3.42. The Morgan fingerprint density at radius 1 is 1.61 bits per heavy atom. The topological polar surface area (TPSA) is 62.7 Å². The second-order valence-corrected chi connectivity index (χ2v) is 4.77. The molecule has 0 aromatic carbocycles. The van der Waals surface area contributed by atoms with Crippen LogP contribution in [-0.4, -0.2) is 41.9 Å². The number of ether oxygens (including phenoxy) is 1. The van der Waals surface area contributed by atoms with Gasteiger partial charge in [0.2, 0.25) is 0 Å². The molecule has 5 nitrogen and oxygen atoms in total. The van der Waals surface area contributed by atoms with Gasteiger partial charge in [-0.05, 0) is 25.5 Å². The average Bonchev–Trinajstić information content (AvgIpc) is 2.73. The minimum absolute atomic E-state index is 0.101. The molecule has 0 spiro atoms. The number of anilines is 1. The molecule has 6 heteroatoms. The van der Waals surface area contributed by atoms with E-state index in [0.29, 0.717) is 12.4 Å². The van der Waals surface area contributed by atoms with Crippen LogP contribution in [0.5, 0.6) is 0 Å². The van der Waals surface area contributed by atoms with E-state index in [9.17, 15) is 4.79 Å². The predicted octanol–water partition coefficient (Wildman–Crippen LogP) is 2.05. The van der Waals surface area contributed by atoms with E-state index in [2.05, 4.69) is 4.98 Å². The number of aromatic carboxylic acids is 1. The van der Waals surface area contributed by atoms with Gasteiger partial charge in [0, 0.05) is 13.7 Å². The molecule has 2 unspecified atom stereocenters. The number of rotatable bonds is 3. The van der Waals surface area contributed by atoms with Crippen LogP contribution in [0.25, 0.3) is 0 Å².